The van der Waals surface area contributed by atoms with E-state index in [1.54, 1.807) is 24.3 Å². The van der Waals surface area contributed by atoms with Crippen LogP contribution in [-0.2, 0) is 9.78 Å². The van der Waals surface area contributed by atoms with Crippen molar-refractivity contribution in [2.45, 2.75) is 59.5 Å². The van der Waals surface area contributed by atoms with Crippen molar-refractivity contribution in [2.24, 2.45) is 17.8 Å². The molecule has 4 nitrogen and oxygen atoms in total. The first-order valence-corrected chi connectivity index (χ1v) is 9.11. The first-order chi connectivity index (χ1) is 11.5. The molecule has 134 valence electrons. The lowest BCUT2D eigenvalue weighted by Crippen LogP contribution is -2.34. The van der Waals surface area contributed by atoms with Crippen LogP contribution >= 0.6 is 0 Å². The third kappa shape index (κ3) is 5.23. The molecule has 0 N–H and O–H groups in total. The maximum atomic E-state index is 12.2. The van der Waals surface area contributed by atoms with Crippen molar-refractivity contribution >= 4 is 5.97 Å². The van der Waals surface area contributed by atoms with Gasteiger partial charge in [-0.1, -0.05) is 34.1 Å². The Morgan fingerprint density at radius 3 is 2.54 bits per heavy atom. The van der Waals surface area contributed by atoms with E-state index in [4.69, 9.17) is 14.5 Å². The van der Waals surface area contributed by atoms with Gasteiger partial charge in [0, 0.05) is 0 Å². The van der Waals surface area contributed by atoms with Gasteiger partial charge in [0.05, 0.1) is 12.2 Å². The molecule has 3 atom stereocenters. The van der Waals surface area contributed by atoms with E-state index in [2.05, 4.69) is 27.7 Å². The van der Waals surface area contributed by atoms with Crippen molar-refractivity contribution in [3.8, 4) is 5.75 Å². The molecule has 24 heavy (non-hydrogen) atoms. The summed E-state index contributed by atoms with van der Waals surface area (Å²) in [6.45, 7) is 9.36. The molecule has 0 aromatic heterocycles. The highest BCUT2D eigenvalue weighted by Gasteiger charge is 2.33. The largest absolute Gasteiger partial charge is 0.494 e. The summed E-state index contributed by atoms with van der Waals surface area (Å²) < 4.78 is 5.51. The molecule has 4 heteroatoms. The van der Waals surface area contributed by atoms with Gasteiger partial charge >= 0.3 is 5.97 Å². The predicted octanol–water partition coefficient (Wildman–Crippen LogP) is 5.02. The minimum Gasteiger partial charge on any atom is -0.494 e. The molecule has 0 radical (unpaired) electrons. The summed E-state index contributed by atoms with van der Waals surface area (Å²) in [5.41, 5.74) is 0.476. The second-order valence-corrected chi connectivity index (χ2v) is 7.20. The summed E-state index contributed by atoms with van der Waals surface area (Å²) in [5, 5.41) is 0. The van der Waals surface area contributed by atoms with Crippen molar-refractivity contribution in [3.05, 3.63) is 29.8 Å². The molecule has 1 fully saturated rings. The summed E-state index contributed by atoms with van der Waals surface area (Å²) >= 11 is 0. The van der Waals surface area contributed by atoms with E-state index in [9.17, 15) is 4.79 Å². The monoisotopic (exact) mass is 334 g/mol. The van der Waals surface area contributed by atoms with Crippen LogP contribution in [0.3, 0.4) is 0 Å². The highest BCUT2D eigenvalue weighted by molar-refractivity contribution is 5.89. The van der Waals surface area contributed by atoms with Crippen LogP contribution in [0.5, 0.6) is 5.75 Å². The molecule has 0 aliphatic heterocycles. The molecule has 1 aromatic carbocycles. The van der Waals surface area contributed by atoms with Gasteiger partial charge in [0.2, 0.25) is 0 Å². The fourth-order valence-corrected chi connectivity index (χ4v) is 3.29. The molecule has 0 bridgehead atoms. The fourth-order valence-electron chi connectivity index (χ4n) is 3.29. The zero-order valence-corrected chi connectivity index (χ0v) is 15.3. The Kier molecular flexibility index (Phi) is 7.10. The second kappa shape index (κ2) is 9.07. The molecule has 0 amide bonds. The Bertz CT molecular complexity index is 509. The van der Waals surface area contributed by atoms with Crippen molar-refractivity contribution in [1.29, 1.82) is 0 Å². The minimum atomic E-state index is -0.447. The lowest BCUT2D eigenvalue weighted by atomic mass is 9.75. The number of benzene rings is 1. The Balaban J connectivity index is 1.89. The van der Waals surface area contributed by atoms with Crippen LogP contribution in [0.15, 0.2) is 24.3 Å². The lowest BCUT2D eigenvalue weighted by molar-refractivity contribution is -0.296. The van der Waals surface area contributed by atoms with E-state index in [0.29, 0.717) is 29.9 Å². The number of rotatable bonds is 7. The maximum Gasteiger partial charge on any atom is 0.373 e. The molecular weight excluding hydrogens is 304 g/mol. The quantitative estimate of drug-likeness (QED) is 0.518. The number of hydrogen-bond donors (Lipinski definition) is 0. The van der Waals surface area contributed by atoms with E-state index in [-0.39, 0.29) is 6.10 Å². The van der Waals surface area contributed by atoms with E-state index in [0.717, 1.165) is 25.0 Å². The Labute approximate surface area is 145 Å². The molecule has 1 aromatic rings. The number of ether oxygens (including phenoxy) is 1. The summed E-state index contributed by atoms with van der Waals surface area (Å²) in [5.74, 6) is 1.89. The topological polar surface area (TPSA) is 44.8 Å². The van der Waals surface area contributed by atoms with Gasteiger partial charge in [-0.15, -0.1) is 0 Å². The molecule has 0 spiro atoms. The van der Waals surface area contributed by atoms with E-state index >= 15 is 0 Å². The van der Waals surface area contributed by atoms with Crippen LogP contribution in [0.2, 0.25) is 0 Å². The number of carbonyl (C=O) groups excluding carboxylic acids is 1. The van der Waals surface area contributed by atoms with Crippen LogP contribution in [0, 0.1) is 17.8 Å². The molecule has 1 saturated carbocycles. The van der Waals surface area contributed by atoms with Crippen LogP contribution in [0.1, 0.15) is 63.7 Å². The molecule has 2 rings (SSSR count). The van der Waals surface area contributed by atoms with E-state index < -0.39 is 5.97 Å². The summed E-state index contributed by atoms with van der Waals surface area (Å²) in [4.78, 5) is 22.9. The van der Waals surface area contributed by atoms with Gasteiger partial charge in [-0.2, -0.15) is 4.89 Å². The standard InChI is InChI=1S/C20H30O4/c1-5-12-22-17-9-7-16(8-10-17)20(21)24-23-19-13-15(4)6-11-18(19)14(2)3/h7-10,14-15,18-19H,5-6,11-13H2,1-4H3. The van der Waals surface area contributed by atoms with Crippen molar-refractivity contribution < 1.29 is 19.3 Å². The van der Waals surface area contributed by atoms with Crippen molar-refractivity contribution in [3.63, 3.8) is 0 Å². The Morgan fingerprint density at radius 2 is 1.92 bits per heavy atom. The van der Waals surface area contributed by atoms with Crippen LogP contribution in [-0.4, -0.2) is 18.7 Å². The van der Waals surface area contributed by atoms with E-state index in [1.165, 1.54) is 6.42 Å². The SMILES string of the molecule is CCCOc1ccc(C(=O)OOC2CC(C)CCC2C(C)C)cc1. The number of carbonyl (C=O) groups is 1. The lowest BCUT2D eigenvalue weighted by Gasteiger charge is -2.35. The van der Waals surface area contributed by atoms with Crippen molar-refractivity contribution in [1.82, 2.24) is 0 Å². The summed E-state index contributed by atoms with van der Waals surface area (Å²) in [6.07, 6.45) is 4.24. The van der Waals surface area contributed by atoms with Crippen LogP contribution in [0.4, 0.5) is 0 Å². The average Bonchev–Trinajstić information content (AvgIpc) is 2.58. The fraction of sp³-hybridized carbons (Fsp3) is 0.650. The Morgan fingerprint density at radius 1 is 1.21 bits per heavy atom. The first kappa shape index (κ1) is 18.8. The molecule has 1 aliphatic rings. The van der Waals surface area contributed by atoms with Crippen LogP contribution < -0.4 is 4.74 Å². The molecule has 0 saturated heterocycles. The zero-order valence-electron chi connectivity index (χ0n) is 15.3. The average molecular weight is 334 g/mol. The van der Waals surface area contributed by atoms with Crippen molar-refractivity contribution in [2.75, 3.05) is 6.61 Å². The third-order valence-corrected chi connectivity index (χ3v) is 4.77. The second-order valence-electron chi connectivity index (χ2n) is 7.20. The summed E-state index contributed by atoms with van der Waals surface area (Å²) in [7, 11) is 0. The van der Waals surface area contributed by atoms with Gasteiger partial charge in [-0.05, 0) is 61.3 Å². The minimum absolute atomic E-state index is 0.00939. The van der Waals surface area contributed by atoms with Gasteiger partial charge in [-0.3, -0.25) is 4.89 Å². The van der Waals surface area contributed by atoms with Gasteiger partial charge in [0.15, 0.2) is 0 Å². The highest BCUT2D eigenvalue weighted by atomic mass is 17.2. The van der Waals surface area contributed by atoms with Gasteiger partial charge in [0.1, 0.15) is 11.9 Å². The number of hydrogen-bond acceptors (Lipinski definition) is 4. The smallest absolute Gasteiger partial charge is 0.373 e. The van der Waals surface area contributed by atoms with Gasteiger partial charge in [0.25, 0.3) is 0 Å². The highest BCUT2D eigenvalue weighted by Crippen LogP contribution is 2.35. The van der Waals surface area contributed by atoms with Crippen LogP contribution in [0.25, 0.3) is 0 Å². The molecule has 0 heterocycles. The molecular formula is C20H30O4. The summed E-state index contributed by atoms with van der Waals surface area (Å²) in [6, 6.07) is 6.98. The van der Waals surface area contributed by atoms with Gasteiger partial charge in [-0.25, -0.2) is 4.79 Å². The normalized spacial score (nSPS) is 24.0. The first-order valence-electron chi connectivity index (χ1n) is 9.11. The molecule has 1 aliphatic carbocycles. The maximum absolute atomic E-state index is 12.2. The predicted molar refractivity (Wildman–Crippen MR) is 93.9 cm³/mol. The zero-order chi connectivity index (χ0) is 17.5. The third-order valence-electron chi connectivity index (χ3n) is 4.77. The Hall–Kier alpha value is -1.55. The molecule has 3 unspecified atom stereocenters. The van der Waals surface area contributed by atoms with Gasteiger partial charge < -0.3 is 4.74 Å². The van der Waals surface area contributed by atoms with E-state index in [1.807, 2.05) is 0 Å².